The fourth-order valence-corrected chi connectivity index (χ4v) is 1.93. The lowest BCUT2D eigenvalue weighted by Crippen LogP contribution is -2.27. The maximum atomic E-state index is 5.72. The van der Waals surface area contributed by atoms with Gasteiger partial charge in [-0.2, -0.15) is 0 Å². The van der Waals surface area contributed by atoms with Crippen LogP contribution in [0.25, 0.3) is 0 Å². The number of hydrogen-bond donors (Lipinski definition) is 1. The second-order valence-corrected chi connectivity index (χ2v) is 5.69. The van der Waals surface area contributed by atoms with Crippen LogP contribution in [-0.4, -0.2) is 19.3 Å². The number of nitrogens with one attached hydrogen (secondary N) is 1. The lowest BCUT2D eigenvalue weighted by molar-refractivity contribution is 0.0611. The van der Waals surface area contributed by atoms with E-state index in [0.717, 1.165) is 19.6 Å². The first-order valence-corrected chi connectivity index (χ1v) is 7.31. The molecule has 0 aliphatic rings. The minimum atomic E-state index is 0.282. The summed E-state index contributed by atoms with van der Waals surface area (Å²) in [7, 11) is 0. The lowest BCUT2D eigenvalue weighted by Gasteiger charge is -2.20. The van der Waals surface area contributed by atoms with Crippen molar-refractivity contribution >= 4 is 22.6 Å². The summed E-state index contributed by atoms with van der Waals surface area (Å²) in [6.45, 7) is 8.09. The van der Waals surface area contributed by atoms with E-state index in [4.69, 9.17) is 4.74 Å². The molecule has 1 rings (SSSR count). The molecule has 1 unspecified atom stereocenters. The third-order valence-electron chi connectivity index (χ3n) is 2.51. The van der Waals surface area contributed by atoms with Gasteiger partial charge < -0.3 is 10.1 Å². The Balaban J connectivity index is 2.63. The summed E-state index contributed by atoms with van der Waals surface area (Å²) in [4.78, 5) is 0. The summed E-state index contributed by atoms with van der Waals surface area (Å²) >= 11 is 2.33. The van der Waals surface area contributed by atoms with Crippen molar-refractivity contribution in [2.45, 2.75) is 39.3 Å². The third kappa shape index (κ3) is 5.84. The predicted molar refractivity (Wildman–Crippen MR) is 81.3 cm³/mol. The van der Waals surface area contributed by atoms with Gasteiger partial charge in [-0.3, -0.25) is 0 Å². The fourth-order valence-electron chi connectivity index (χ4n) is 1.58. The van der Waals surface area contributed by atoms with Gasteiger partial charge in [0.25, 0.3) is 0 Å². The van der Waals surface area contributed by atoms with E-state index in [9.17, 15) is 0 Å². The highest BCUT2D eigenvalue weighted by atomic mass is 127. The highest BCUT2D eigenvalue weighted by Crippen LogP contribution is 2.16. The number of benzene rings is 1. The van der Waals surface area contributed by atoms with Crippen LogP contribution >= 0.6 is 22.6 Å². The van der Waals surface area contributed by atoms with Crippen molar-refractivity contribution in [2.75, 3.05) is 13.2 Å². The molecule has 96 valence electrons. The van der Waals surface area contributed by atoms with Crippen LogP contribution < -0.4 is 5.32 Å². The van der Waals surface area contributed by atoms with Gasteiger partial charge in [0.15, 0.2) is 0 Å². The first kappa shape index (κ1) is 14.9. The zero-order valence-corrected chi connectivity index (χ0v) is 13.0. The summed E-state index contributed by atoms with van der Waals surface area (Å²) < 4.78 is 6.99. The molecule has 0 aliphatic heterocycles. The molecule has 0 bridgehead atoms. The van der Waals surface area contributed by atoms with Crippen LogP contribution in [0.1, 0.15) is 38.8 Å². The van der Waals surface area contributed by atoms with Gasteiger partial charge in [0, 0.05) is 3.57 Å². The summed E-state index contributed by atoms with van der Waals surface area (Å²) in [5.41, 5.74) is 1.31. The molecule has 0 heterocycles. The Hall–Kier alpha value is -0.130. The topological polar surface area (TPSA) is 21.3 Å². The van der Waals surface area contributed by atoms with Gasteiger partial charge in [0.1, 0.15) is 0 Å². The molecular weight excluding hydrogens is 325 g/mol. The first-order valence-electron chi connectivity index (χ1n) is 6.24. The molecule has 0 fully saturated rings. The van der Waals surface area contributed by atoms with E-state index in [1.807, 2.05) is 0 Å². The zero-order chi connectivity index (χ0) is 12.7. The second kappa shape index (κ2) is 8.06. The quantitative estimate of drug-likeness (QED) is 0.759. The molecule has 0 saturated heterocycles. The number of halogens is 1. The van der Waals surface area contributed by atoms with Crippen molar-refractivity contribution in [2.24, 2.45) is 0 Å². The van der Waals surface area contributed by atoms with Crippen LogP contribution in [0.5, 0.6) is 0 Å². The molecule has 0 aromatic heterocycles. The molecule has 1 aromatic carbocycles. The summed E-state index contributed by atoms with van der Waals surface area (Å²) in [5.74, 6) is 0. The Morgan fingerprint density at radius 1 is 1.24 bits per heavy atom. The van der Waals surface area contributed by atoms with Crippen LogP contribution in [0.3, 0.4) is 0 Å². The maximum absolute atomic E-state index is 5.72. The Bertz CT molecular complexity index is 311. The predicted octanol–water partition coefficient (Wildman–Crippen LogP) is 3.76. The Labute approximate surface area is 118 Å². The highest BCUT2D eigenvalue weighted by Gasteiger charge is 2.11. The molecule has 0 amide bonds. The molecule has 1 atom stereocenters. The maximum Gasteiger partial charge on any atom is 0.0664 e. The first-order chi connectivity index (χ1) is 8.13. The third-order valence-corrected chi connectivity index (χ3v) is 3.23. The lowest BCUT2D eigenvalue weighted by atomic mass is 10.1. The Morgan fingerprint density at radius 2 is 1.88 bits per heavy atom. The van der Waals surface area contributed by atoms with Gasteiger partial charge in [-0.1, -0.05) is 19.1 Å². The standard InChI is InChI=1S/C14H22INO/c1-4-9-16-14(10-17-11(2)3)12-5-7-13(15)8-6-12/h5-8,11,14,16H,4,9-10H2,1-3H3. The summed E-state index contributed by atoms with van der Waals surface area (Å²) in [6.07, 6.45) is 1.42. The second-order valence-electron chi connectivity index (χ2n) is 4.44. The van der Waals surface area contributed by atoms with Crippen molar-refractivity contribution in [1.29, 1.82) is 0 Å². The minimum absolute atomic E-state index is 0.282. The average Bonchev–Trinajstić information content (AvgIpc) is 2.30. The number of ether oxygens (including phenoxy) is 1. The molecule has 0 saturated carbocycles. The Morgan fingerprint density at radius 3 is 2.41 bits per heavy atom. The smallest absolute Gasteiger partial charge is 0.0664 e. The van der Waals surface area contributed by atoms with Crippen molar-refractivity contribution < 1.29 is 4.74 Å². The molecule has 2 nitrogen and oxygen atoms in total. The normalized spacial score (nSPS) is 13.0. The van der Waals surface area contributed by atoms with E-state index in [1.165, 1.54) is 9.13 Å². The molecule has 3 heteroatoms. The fraction of sp³-hybridized carbons (Fsp3) is 0.571. The van der Waals surface area contributed by atoms with Crippen LogP contribution in [0.2, 0.25) is 0 Å². The molecular formula is C14H22INO. The van der Waals surface area contributed by atoms with E-state index in [-0.39, 0.29) is 6.10 Å². The van der Waals surface area contributed by atoms with E-state index in [0.29, 0.717) is 6.04 Å². The van der Waals surface area contributed by atoms with E-state index >= 15 is 0 Å². The van der Waals surface area contributed by atoms with Crippen molar-refractivity contribution in [3.63, 3.8) is 0 Å². The molecule has 0 radical (unpaired) electrons. The molecule has 0 spiro atoms. The Kier molecular flexibility index (Phi) is 7.08. The highest BCUT2D eigenvalue weighted by molar-refractivity contribution is 14.1. The van der Waals surface area contributed by atoms with Gasteiger partial charge in [-0.05, 0) is 67.1 Å². The van der Waals surface area contributed by atoms with Gasteiger partial charge in [-0.15, -0.1) is 0 Å². The SMILES string of the molecule is CCCNC(COC(C)C)c1ccc(I)cc1. The van der Waals surface area contributed by atoms with Crippen LogP contribution in [-0.2, 0) is 4.74 Å². The largest absolute Gasteiger partial charge is 0.377 e. The number of hydrogen-bond acceptors (Lipinski definition) is 2. The van der Waals surface area contributed by atoms with Crippen molar-refractivity contribution in [3.05, 3.63) is 33.4 Å². The molecule has 0 aliphatic carbocycles. The van der Waals surface area contributed by atoms with E-state index in [1.54, 1.807) is 0 Å². The summed E-state index contributed by atoms with van der Waals surface area (Å²) in [6, 6.07) is 8.95. The van der Waals surface area contributed by atoms with Gasteiger partial charge in [-0.25, -0.2) is 0 Å². The van der Waals surface area contributed by atoms with Gasteiger partial charge in [0.2, 0.25) is 0 Å². The number of rotatable bonds is 7. The molecule has 1 N–H and O–H groups in total. The van der Waals surface area contributed by atoms with Crippen molar-refractivity contribution in [3.8, 4) is 0 Å². The van der Waals surface area contributed by atoms with E-state index in [2.05, 4.69) is 72.9 Å². The van der Waals surface area contributed by atoms with Crippen LogP contribution in [0, 0.1) is 3.57 Å². The van der Waals surface area contributed by atoms with Crippen LogP contribution in [0.15, 0.2) is 24.3 Å². The average molecular weight is 347 g/mol. The minimum Gasteiger partial charge on any atom is -0.377 e. The molecule has 17 heavy (non-hydrogen) atoms. The van der Waals surface area contributed by atoms with Crippen LogP contribution in [0.4, 0.5) is 0 Å². The van der Waals surface area contributed by atoms with E-state index < -0.39 is 0 Å². The van der Waals surface area contributed by atoms with Gasteiger partial charge >= 0.3 is 0 Å². The molecule has 1 aromatic rings. The van der Waals surface area contributed by atoms with Gasteiger partial charge in [0.05, 0.1) is 18.8 Å². The van der Waals surface area contributed by atoms with Crippen molar-refractivity contribution in [1.82, 2.24) is 5.32 Å². The zero-order valence-electron chi connectivity index (χ0n) is 10.9. The monoisotopic (exact) mass is 347 g/mol. The summed E-state index contributed by atoms with van der Waals surface area (Å²) in [5, 5.41) is 3.53.